The minimum Gasteiger partial charge on any atom is -0.316 e. The van der Waals surface area contributed by atoms with E-state index in [1.807, 2.05) is 0 Å². The van der Waals surface area contributed by atoms with Gasteiger partial charge in [-0.3, -0.25) is 0 Å². The van der Waals surface area contributed by atoms with Crippen molar-refractivity contribution in [2.45, 2.75) is 24.3 Å². The summed E-state index contributed by atoms with van der Waals surface area (Å²) in [6.45, 7) is 0. The SMILES string of the molecule is CNC1C2C3CC[C@H]1C(Cl)C32. The number of hydrogen-bond acceptors (Lipinski definition) is 1. The van der Waals surface area contributed by atoms with Gasteiger partial charge in [0.1, 0.15) is 0 Å². The van der Waals surface area contributed by atoms with Crippen molar-refractivity contribution in [2.75, 3.05) is 7.05 Å². The van der Waals surface area contributed by atoms with Crippen LogP contribution in [0.3, 0.4) is 0 Å². The Balaban J connectivity index is 1.92. The zero-order chi connectivity index (χ0) is 7.59. The largest absolute Gasteiger partial charge is 0.316 e. The van der Waals surface area contributed by atoms with Gasteiger partial charge in [0.2, 0.25) is 0 Å². The Morgan fingerprint density at radius 3 is 2.27 bits per heavy atom. The molecule has 11 heavy (non-hydrogen) atoms. The molecule has 4 rings (SSSR count). The minimum absolute atomic E-state index is 0.510. The minimum atomic E-state index is 0.510. The summed E-state index contributed by atoms with van der Waals surface area (Å²) in [6, 6.07) is 0.765. The van der Waals surface area contributed by atoms with Crippen LogP contribution < -0.4 is 5.32 Å². The molecule has 6 atom stereocenters. The lowest BCUT2D eigenvalue weighted by atomic mass is 9.82. The van der Waals surface area contributed by atoms with E-state index in [2.05, 4.69) is 12.4 Å². The van der Waals surface area contributed by atoms with Crippen molar-refractivity contribution in [1.29, 1.82) is 0 Å². The third-order valence-corrected chi connectivity index (χ3v) is 4.73. The van der Waals surface area contributed by atoms with Crippen LogP contribution in [0.4, 0.5) is 0 Å². The highest BCUT2D eigenvalue weighted by molar-refractivity contribution is 6.21. The highest BCUT2D eigenvalue weighted by Crippen LogP contribution is 2.68. The summed E-state index contributed by atoms with van der Waals surface area (Å²) < 4.78 is 0. The quantitative estimate of drug-likeness (QED) is 0.590. The Hall–Kier alpha value is 0.250. The van der Waals surface area contributed by atoms with Crippen molar-refractivity contribution in [3.63, 3.8) is 0 Å². The molecule has 0 aromatic heterocycles. The molecule has 4 fully saturated rings. The molecule has 62 valence electrons. The zero-order valence-electron chi connectivity index (χ0n) is 6.76. The van der Waals surface area contributed by atoms with Crippen LogP contribution in [-0.4, -0.2) is 18.5 Å². The maximum atomic E-state index is 6.33. The molecule has 4 saturated carbocycles. The van der Waals surface area contributed by atoms with E-state index < -0.39 is 0 Å². The Bertz CT molecular complexity index is 194. The van der Waals surface area contributed by atoms with Crippen molar-refractivity contribution < 1.29 is 0 Å². The summed E-state index contributed by atoms with van der Waals surface area (Å²) in [5.74, 6) is 3.65. The normalized spacial score (nSPS) is 64.9. The molecule has 0 aliphatic heterocycles. The molecule has 0 aromatic rings. The fourth-order valence-corrected chi connectivity index (χ4v) is 4.30. The van der Waals surface area contributed by atoms with Crippen LogP contribution in [0.25, 0.3) is 0 Å². The third-order valence-electron chi connectivity index (χ3n) is 4.11. The van der Waals surface area contributed by atoms with Gasteiger partial charge < -0.3 is 5.32 Å². The predicted molar refractivity (Wildman–Crippen MR) is 45.7 cm³/mol. The highest BCUT2D eigenvalue weighted by Gasteiger charge is 2.68. The van der Waals surface area contributed by atoms with Crippen molar-refractivity contribution in [3.8, 4) is 0 Å². The molecule has 0 heterocycles. The molecule has 5 unspecified atom stereocenters. The molecule has 0 amide bonds. The van der Waals surface area contributed by atoms with Gasteiger partial charge in [0.25, 0.3) is 0 Å². The van der Waals surface area contributed by atoms with E-state index in [0.717, 1.165) is 29.7 Å². The van der Waals surface area contributed by atoms with E-state index in [9.17, 15) is 0 Å². The lowest BCUT2D eigenvalue weighted by Gasteiger charge is -2.32. The highest BCUT2D eigenvalue weighted by atomic mass is 35.5. The summed E-state index contributed by atoms with van der Waals surface area (Å²) in [7, 11) is 2.09. The lowest BCUT2D eigenvalue weighted by Crippen LogP contribution is -2.40. The first kappa shape index (κ1) is 6.73. The van der Waals surface area contributed by atoms with Crippen LogP contribution in [0.15, 0.2) is 0 Å². The van der Waals surface area contributed by atoms with Gasteiger partial charge in [0.15, 0.2) is 0 Å². The second-order valence-electron chi connectivity index (χ2n) is 4.32. The van der Waals surface area contributed by atoms with Crippen molar-refractivity contribution in [2.24, 2.45) is 23.7 Å². The average Bonchev–Trinajstić information content (AvgIpc) is 2.70. The Morgan fingerprint density at radius 2 is 1.91 bits per heavy atom. The number of nitrogens with one attached hydrogen (secondary N) is 1. The molecule has 1 nitrogen and oxygen atoms in total. The lowest BCUT2D eigenvalue weighted by molar-refractivity contribution is 0.258. The number of halogens is 1. The molecular formula is C9H14ClN. The fraction of sp³-hybridized carbons (Fsp3) is 1.00. The number of rotatable bonds is 1. The fourth-order valence-electron chi connectivity index (χ4n) is 3.67. The summed E-state index contributed by atoms with van der Waals surface area (Å²) in [4.78, 5) is 0. The standard InChI is InChI=1S/C9H14ClN/c1-11-9-5-3-2-4-6(7(4)9)8(5)10/h4-9,11H,2-3H2,1H3/t4?,5-,6?,7?,8?,9?/m0/s1. The molecular weight excluding hydrogens is 158 g/mol. The van der Waals surface area contributed by atoms with Gasteiger partial charge in [-0.15, -0.1) is 11.6 Å². The van der Waals surface area contributed by atoms with Crippen LogP contribution in [0, 0.1) is 23.7 Å². The van der Waals surface area contributed by atoms with Crippen molar-refractivity contribution >= 4 is 11.6 Å². The van der Waals surface area contributed by atoms with Crippen LogP contribution >= 0.6 is 11.6 Å². The second kappa shape index (κ2) is 1.94. The molecule has 2 heteroatoms. The third kappa shape index (κ3) is 0.631. The first-order valence-electron chi connectivity index (χ1n) is 4.66. The topological polar surface area (TPSA) is 12.0 Å². The first-order chi connectivity index (χ1) is 5.34. The van der Waals surface area contributed by atoms with Crippen molar-refractivity contribution in [3.05, 3.63) is 0 Å². The van der Waals surface area contributed by atoms with Gasteiger partial charge in [-0.25, -0.2) is 0 Å². The summed E-state index contributed by atoms with van der Waals surface area (Å²) in [5.41, 5.74) is 0. The van der Waals surface area contributed by atoms with Gasteiger partial charge in [-0.1, -0.05) is 0 Å². The van der Waals surface area contributed by atoms with Gasteiger partial charge >= 0.3 is 0 Å². The Morgan fingerprint density at radius 1 is 1.18 bits per heavy atom. The van der Waals surface area contributed by atoms with Gasteiger partial charge in [0.05, 0.1) is 0 Å². The van der Waals surface area contributed by atoms with E-state index in [-0.39, 0.29) is 0 Å². The maximum absolute atomic E-state index is 6.33. The molecule has 0 saturated heterocycles. The van der Waals surface area contributed by atoms with Crippen LogP contribution in [0.5, 0.6) is 0 Å². The van der Waals surface area contributed by atoms with Crippen molar-refractivity contribution in [1.82, 2.24) is 5.32 Å². The smallest absolute Gasteiger partial charge is 0.0413 e. The number of alkyl halides is 1. The molecule has 4 aliphatic carbocycles. The van der Waals surface area contributed by atoms with E-state index in [0.29, 0.717) is 5.38 Å². The number of hydrogen-bond donors (Lipinski definition) is 1. The van der Waals surface area contributed by atoms with E-state index >= 15 is 0 Å². The Kier molecular flexibility index (Phi) is 1.19. The molecule has 1 N–H and O–H groups in total. The maximum Gasteiger partial charge on any atom is 0.0413 e. The van der Waals surface area contributed by atoms with Crippen LogP contribution in [0.2, 0.25) is 0 Å². The van der Waals surface area contributed by atoms with Gasteiger partial charge in [-0.2, -0.15) is 0 Å². The first-order valence-corrected chi connectivity index (χ1v) is 5.09. The van der Waals surface area contributed by atoms with Crippen LogP contribution in [-0.2, 0) is 0 Å². The summed E-state index contributed by atoms with van der Waals surface area (Å²) >= 11 is 6.33. The molecule has 4 bridgehead atoms. The zero-order valence-corrected chi connectivity index (χ0v) is 7.51. The summed E-state index contributed by atoms with van der Waals surface area (Å²) in [6.07, 6.45) is 2.83. The molecule has 4 aliphatic rings. The molecule has 0 spiro atoms. The molecule has 0 aromatic carbocycles. The molecule has 0 radical (unpaired) electrons. The summed E-state index contributed by atoms with van der Waals surface area (Å²) in [5, 5.41) is 3.94. The average molecular weight is 172 g/mol. The van der Waals surface area contributed by atoms with Crippen LogP contribution in [0.1, 0.15) is 12.8 Å². The second-order valence-corrected chi connectivity index (χ2v) is 4.82. The Labute approximate surface area is 72.5 Å². The van der Waals surface area contributed by atoms with Gasteiger partial charge in [-0.05, 0) is 43.6 Å². The van der Waals surface area contributed by atoms with E-state index in [1.54, 1.807) is 0 Å². The van der Waals surface area contributed by atoms with Gasteiger partial charge in [0, 0.05) is 11.4 Å². The monoisotopic (exact) mass is 171 g/mol. The van der Waals surface area contributed by atoms with E-state index in [4.69, 9.17) is 11.6 Å². The predicted octanol–water partition coefficient (Wildman–Crippen LogP) is 1.47. The van der Waals surface area contributed by atoms with E-state index in [1.165, 1.54) is 12.8 Å². The number of fused-ring (bicyclic) bond motifs is 1.